The lowest BCUT2D eigenvalue weighted by molar-refractivity contribution is 0.106. The van der Waals surface area contributed by atoms with Gasteiger partial charge in [-0.3, -0.25) is 10.4 Å². The van der Waals surface area contributed by atoms with Crippen molar-refractivity contribution in [2.45, 2.75) is 25.4 Å². The van der Waals surface area contributed by atoms with Gasteiger partial charge in [0.05, 0.1) is 6.10 Å². The van der Waals surface area contributed by atoms with Crippen LogP contribution in [0.4, 0.5) is 0 Å². The van der Waals surface area contributed by atoms with Crippen LogP contribution in [0.3, 0.4) is 0 Å². The van der Waals surface area contributed by atoms with E-state index in [4.69, 9.17) is 16.3 Å². The number of aliphatic imine (C=N–C) groups is 1. The minimum atomic E-state index is 0.285. The molecule has 0 aromatic carbocycles. The average molecular weight is 172 g/mol. The Balaban J connectivity index is 2.08. The molecular weight excluding hydrogens is 156 g/mol. The van der Waals surface area contributed by atoms with Gasteiger partial charge in [-0.25, -0.2) is 5.84 Å². The van der Waals surface area contributed by atoms with E-state index in [1.165, 1.54) is 6.42 Å². The van der Waals surface area contributed by atoms with Crippen LogP contribution < -0.4 is 17.0 Å². The molecule has 0 aromatic heterocycles. The third kappa shape index (κ3) is 3.06. The van der Waals surface area contributed by atoms with E-state index in [2.05, 4.69) is 10.4 Å². The highest BCUT2D eigenvalue weighted by Gasteiger charge is 2.14. The Hall–Kier alpha value is -0.810. The molecule has 1 atom stereocenters. The molecule has 1 heterocycles. The highest BCUT2D eigenvalue weighted by Crippen LogP contribution is 2.14. The molecule has 1 aliphatic rings. The van der Waals surface area contributed by atoms with Gasteiger partial charge in [0, 0.05) is 13.2 Å². The van der Waals surface area contributed by atoms with E-state index in [-0.39, 0.29) is 5.96 Å². The minimum absolute atomic E-state index is 0.285. The van der Waals surface area contributed by atoms with E-state index in [1.54, 1.807) is 0 Å². The van der Waals surface area contributed by atoms with Crippen LogP contribution in [0.5, 0.6) is 0 Å². The smallest absolute Gasteiger partial charge is 0.203 e. The molecule has 1 rings (SSSR count). The molecule has 5 N–H and O–H groups in total. The summed E-state index contributed by atoms with van der Waals surface area (Å²) < 4.78 is 5.41. The molecule has 12 heavy (non-hydrogen) atoms. The summed E-state index contributed by atoms with van der Waals surface area (Å²) in [6.07, 6.45) is 3.62. The zero-order valence-electron chi connectivity index (χ0n) is 7.12. The van der Waals surface area contributed by atoms with Gasteiger partial charge in [-0.05, 0) is 19.3 Å². The van der Waals surface area contributed by atoms with Crippen molar-refractivity contribution in [1.82, 2.24) is 5.43 Å². The van der Waals surface area contributed by atoms with Crippen molar-refractivity contribution in [3.63, 3.8) is 0 Å². The molecule has 70 valence electrons. The fourth-order valence-electron chi connectivity index (χ4n) is 1.25. The molecule has 0 bridgehead atoms. The number of guanidine groups is 1. The number of nitrogens with zero attached hydrogens (tertiary/aromatic N) is 1. The first-order chi connectivity index (χ1) is 5.83. The summed E-state index contributed by atoms with van der Waals surface area (Å²) in [5, 5.41) is 0. The molecule has 0 aromatic rings. The second kappa shape index (κ2) is 4.95. The number of ether oxygens (including phenoxy) is 1. The van der Waals surface area contributed by atoms with Crippen LogP contribution in [0.25, 0.3) is 0 Å². The fraction of sp³-hybridized carbons (Fsp3) is 0.857. The lowest BCUT2D eigenvalue weighted by Crippen LogP contribution is -2.37. The molecule has 0 amide bonds. The Kier molecular flexibility index (Phi) is 3.83. The summed E-state index contributed by atoms with van der Waals surface area (Å²) >= 11 is 0. The Bertz CT molecular complexity index is 153. The van der Waals surface area contributed by atoms with Gasteiger partial charge in [0.1, 0.15) is 0 Å². The van der Waals surface area contributed by atoms with Gasteiger partial charge in [-0.15, -0.1) is 0 Å². The first-order valence-corrected chi connectivity index (χ1v) is 4.21. The Labute approximate surface area is 72.1 Å². The van der Waals surface area contributed by atoms with E-state index in [0.29, 0.717) is 12.6 Å². The molecule has 0 saturated carbocycles. The first kappa shape index (κ1) is 9.28. The predicted octanol–water partition coefficient (Wildman–Crippen LogP) is -0.667. The highest BCUT2D eigenvalue weighted by atomic mass is 16.5. The van der Waals surface area contributed by atoms with Crippen LogP contribution in [0.2, 0.25) is 0 Å². The number of nitrogens with one attached hydrogen (secondary N) is 1. The van der Waals surface area contributed by atoms with E-state index in [1.807, 2.05) is 0 Å². The van der Waals surface area contributed by atoms with Gasteiger partial charge < -0.3 is 10.5 Å². The normalized spacial score (nSPS) is 24.4. The predicted molar refractivity (Wildman–Crippen MR) is 47.4 cm³/mol. The molecule has 5 heteroatoms. The summed E-state index contributed by atoms with van der Waals surface area (Å²) in [5.41, 5.74) is 7.61. The molecule has 5 nitrogen and oxygen atoms in total. The fourth-order valence-corrected chi connectivity index (χ4v) is 1.25. The topological polar surface area (TPSA) is 85.7 Å². The van der Waals surface area contributed by atoms with Gasteiger partial charge in [0.2, 0.25) is 5.96 Å². The standard InChI is InChI=1S/C7H16N4O/c8-7(11-9)10-4-3-6-2-1-5-12-6/h6H,1-5,9H2,(H3,8,10,11). The van der Waals surface area contributed by atoms with E-state index in [9.17, 15) is 0 Å². The van der Waals surface area contributed by atoms with E-state index in [0.717, 1.165) is 19.4 Å². The van der Waals surface area contributed by atoms with Crippen molar-refractivity contribution in [2.75, 3.05) is 13.2 Å². The summed E-state index contributed by atoms with van der Waals surface area (Å²) in [4.78, 5) is 3.98. The van der Waals surface area contributed by atoms with Crippen molar-refractivity contribution in [3.05, 3.63) is 0 Å². The summed E-state index contributed by atoms with van der Waals surface area (Å²) in [6.45, 7) is 1.57. The van der Waals surface area contributed by atoms with Crippen LogP contribution in [-0.2, 0) is 4.74 Å². The second-order valence-corrected chi connectivity index (χ2v) is 2.84. The third-order valence-corrected chi connectivity index (χ3v) is 1.91. The monoisotopic (exact) mass is 172 g/mol. The summed E-state index contributed by atoms with van der Waals surface area (Å²) in [5.74, 6) is 5.31. The Morgan fingerprint density at radius 3 is 3.08 bits per heavy atom. The summed E-state index contributed by atoms with van der Waals surface area (Å²) in [7, 11) is 0. The van der Waals surface area contributed by atoms with Crippen LogP contribution in [0, 0.1) is 0 Å². The molecule has 1 unspecified atom stereocenters. The van der Waals surface area contributed by atoms with Crippen molar-refractivity contribution in [1.29, 1.82) is 0 Å². The lowest BCUT2D eigenvalue weighted by atomic mass is 10.2. The largest absolute Gasteiger partial charge is 0.378 e. The maximum Gasteiger partial charge on any atom is 0.203 e. The van der Waals surface area contributed by atoms with Crippen molar-refractivity contribution >= 4 is 5.96 Å². The third-order valence-electron chi connectivity index (χ3n) is 1.91. The zero-order valence-corrected chi connectivity index (χ0v) is 7.12. The number of nitrogens with two attached hydrogens (primary N) is 2. The number of hydrogen-bond acceptors (Lipinski definition) is 3. The van der Waals surface area contributed by atoms with Gasteiger partial charge in [0.25, 0.3) is 0 Å². The maximum absolute atomic E-state index is 5.41. The first-order valence-electron chi connectivity index (χ1n) is 4.21. The highest BCUT2D eigenvalue weighted by molar-refractivity contribution is 5.77. The van der Waals surface area contributed by atoms with Crippen molar-refractivity contribution in [2.24, 2.45) is 16.6 Å². The molecule has 0 radical (unpaired) electrons. The van der Waals surface area contributed by atoms with Crippen molar-refractivity contribution < 1.29 is 4.74 Å². The molecule has 1 aliphatic heterocycles. The van der Waals surface area contributed by atoms with Crippen molar-refractivity contribution in [3.8, 4) is 0 Å². The van der Waals surface area contributed by atoms with Crippen LogP contribution in [-0.4, -0.2) is 25.2 Å². The maximum atomic E-state index is 5.41. The Morgan fingerprint density at radius 1 is 1.67 bits per heavy atom. The van der Waals surface area contributed by atoms with Crippen LogP contribution in [0.1, 0.15) is 19.3 Å². The van der Waals surface area contributed by atoms with E-state index >= 15 is 0 Å². The quantitative estimate of drug-likeness (QED) is 0.228. The second-order valence-electron chi connectivity index (χ2n) is 2.84. The molecule has 1 saturated heterocycles. The Morgan fingerprint density at radius 2 is 2.50 bits per heavy atom. The SMILES string of the molecule is NNC(N)=NCCC1CCCO1. The van der Waals surface area contributed by atoms with Gasteiger partial charge in [0.15, 0.2) is 0 Å². The average Bonchev–Trinajstić information content (AvgIpc) is 2.57. The molecule has 0 aliphatic carbocycles. The van der Waals surface area contributed by atoms with E-state index < -0.39 is 0 Å². The molecular formula is C7H16N4O. The minimum Gasteiger partial charge on any atom is -0.378 e. The lowest BCUT2D eigenvalue weighted by Gasteiger charge is -2.06. The van der Waals surface area contributed by atoms with Gasteiger partial charge in [-0.1, -0.05) is 0 Å². The van der Waals surface area contributed by atoms with Crippen LogP contribution >= 0.6 is 0 Å². The van der Waals surface area contributed by atoms with Gasteiger partial charge >= 0.3 is 0 Å². The summed E-state index contributed by atoms with van der Waals surface area (Å²) in [6, 6.07) is 0. The number of rotatable bonds is 3. The number of hydrazine groups is 1. The molecule has 0 spiro atoms. The number of hydrogen-bond donors (Lipinski definition) is 3. The zero-order chi connectivity index (χ0) is 8.81. The van der Waals surface area contributed by atoms with Gasteiger partial charge in [-0.2, -0.15) is 0 Å². The van der Waals surface area contributed by atoms with Crippen LogP contribution in [0.15, 0.2) is 4.99 Å². The molecule has 1 fully saturated rings.